The van der Waals surface area contributed by atoms with Gasteiger partial charge in [0.25, 0.3) is 0 Å². The molecule has 31 heavy (non-hydrogen) atoms. The van der Waals surface area contributed by atoms with Gasteiger partial charge in [-0.25, -0.2) is 9.97 Å². The Hall–Kier alpha value is -2.22. The van der Waals surface area contributed by atoms with E-state index >= 15 is 0 Å². The summed E-state index contributed by atoms with van der Waals surface area (Å²) in [5, 5.41) is 10.1. The highest BCUT2D eigenvalue weighted by Gasteiger charge is 2.28. The molecule has 0 spiro atoms. The lowest BCUT2D eigenvalue weighted by atomic mass is 9.88. The largest absolute Gasteiger partial charge is 0.376 e. The second-order valence-electron chi connectivity index (χ2n) is 8.98. The van der Waals surface area contributed by atoms with Crippen LogP contribution in [-0.2, 0) is 9.53 Å². The van der Waals surface area contributed by atoms with Crippen LogP contribution in [0.3, 0.4) is 0 Å². The van der Waals surface area contributed by atoms with E-state index in [0.717, 1.165) is 56.0 Å². The number of nitrogens with one attached hydrogen (secondary N) is 3. The summed E-state index contributed by atoms with van der Waals surface area (Å²) in [4.78, 5) is 21.4. The van der Waals surface area contributed by atoms with Crippen molar-refractivity contribution in [3.63, 3.8) is 0 Å². The quantitative estimate of drug-likeness (QED) is 0.626. The molecule has 4 rings (SSSR count). The lowest BCUT2D eigenvalue weighted by Crippen LogP contribution is -2.36. The van der Waals surface area contributed by atoms with Gasteiger partial charge < -0.3 is 20.7 Å². The molecule has 1 unspecified atom stereocenters. The number of carbonyl (C=O) groups is 1. The number of halogens is 1. The highest BCUT2D eigenvalue weighted by Crippen LogP contribution is 2.30. The van der Waals surface area contributed by atoms with E-state index in [4.69, 9.17) is 21.3 Å². The molecule has 2 aliphatic rings. The number of pyridine rings is 2. The van der Waals surface area contributed by atoms with Crippen LogP contribution < -0.4 is 16.0 Å². The van der Waals surface area contributed by atoms with Gasteiger partial charge in [0.15, 0.2) is 0 Å². The lowest BCUT2D eigenvalue weighted by Gasteiger charge is -2.35. The Kier molecular flexibility index (Phi) is 6.74. The van der Waals surface area contributed by atoms with E-state index in [1.54, 1.807) is 12.3 Å². The third-order valence-corrected chi connectivity index (χ3v) is 6.23. The first kappa shape index (κ1) is 22.0. The molecule has 2 aromatic rings. The van der Waals surface area contributed by atoms with Crippen LogP contribution in [0, 0.1) is 11.8 Å². The number of hydrogen-bond acceptors (Lipinski definition) is 6. The minimum atomic E-state index is -0.0696. The first-order chi connectivity index (χ1) is 14.9. The molecule has 0 radical (unpaired) electrons. The minimum absolute atomic E-state index is 0.0199. The normalized spacial score (nSPS) is 22.8. The average Bonchev–Trinajstić information content (AvgIpc) is 3.28. The molecule has 7 nitrogen and oxygen atoms in total. The van der Waals surface area contributed by atoms with Crippen LogP contribution >= 0.6 is 11.6 Å². The lowest BCUT2D eigenvalue weighted by molar-refractivity contribution is -0.119. The number of aromatic nitrogens is 2. The molecule has 8 heteroatoms. The third-order valence-electron chi connectivity index (χ3n) is 5.93. The minimum Gasteiger partial charge on any atom is -0.376 e. The second kappa shape index (κ2) is 9.51. The van der Waals surface area contributed by atoms with Crippen molar-refractivity contribution >= 4 is 29.1 Å². The molecule has 0 saturated carbocycles. The Labute approximate surface area is 188 Å². The maximum absolute atomic E-state index is 12.4. The van der Waals surface area contributed by atoms with E-state index in [0.29, 0.717) is 23.3 Å². The molecule has 166 valence electrons. The number of ether oxygens (including phenoxy) is 1. The van der Waals surface area contributed by atoms with Gasteiger partial charge in [-0.2, -0.15) is 0 Å². The van der Waals surface area contributed by atoms with Crippen LogP contribution in [-0.4, -0.2) is 47.7 Å². The zero-order valence-corrected chi connectivity index (χ0v) is 18.8. The predicted octanol–water partition coefficient (Wildman–Crippen LogP) is 3.96. The fraction of sp³-hybridized carbons (Fsp3) is 0.522. The summed E-state index contributed by atoms with van der Waals surface area (Å²) in [6.45, 7) is 7.50. The van der Waals surface area contributed by atoms with Crippen LogP contribution in [0.25, 0.3) is 11.3 Å². The molecule has 2 atom stereocenters. The second-order valence-corrected chi connectivity index (χ2v) is 9.39. The molecule has 2 fully saturated rings. The van der Waals surface area contributed by atoms with Crippen LogP contribution in [0.1, 0.15) is 33.1 Å². The summed E-state index contributed by atoms with van der Waals surface area (Å²) in [5.41, 5.74) is 1.41. The smallest absolute Gasteiger partial charge is 0.229 e. The molecule has 0 aliphatic carbocycles. The summed E-state index contributed by atoms with van der Waals surface area (Å²) in [6.07, 6.45) is 4.47. The molecule has 1 amide bonds. The van der Waals surface area contributed by atoms with Crippen molar-refractivity contribution in [2.24, 2.45) is 11.8 Å². The number of amides is 1. The molecule has 2 saturated heterocycles. The van der Waals surface area contributed by atoms with Crippen molar-refractivity contribution in [3.8, 4) is 11.3 Å². The molecule has 0 aromatic carbocycles. The van der Waals surface area contributed by atoms with Crippen molar-refractivity contribution in [2.45, 2.75) is 38.7 Å². The molecule has 0 bridgehead atoms. The van der Waals surface area contributed by atoms with Gasteiger partial charge in [-0.15, -0.1) is 0 Å². The maximum Gasteiger partial charge on any atom is 0.229 e. The highest BCUT2D eigenvalue weighted by atomic mass is 35.5. The molecular weight excluding hydrogens is 414 g/mol. The molecule has 4 heterocycles. The van der Waals surface area contributed by atoms with E-state index in [9.17, 15) is 4.79 Å². The van der Waals surface area contributed by atoms with Gasteiger partial charge in [-0.05, 0) is 63.8 Å². The molecule has 3 N–H and O–H groups in total. The standard InChI is InChI=1S/C23H30ClN5O2/c1-23(2)11-15(7-9-31-23)12-26-20-5-3-4-19(28-20)17-10-21(27-14-18(17)24)29-22(30)16-6-8-25-13-16/h3-5,10,14-16,25H,6-9,11-13H2,1-2H3,(H,26,28)(H,27,29,30)/t15?,16-/m1/s1. The van der Waals surface area contributed by atoms with E-state index in [2.05, 4.69) is 34.8 Å². The van der Waals surface area contributed by atoms with Gasteiger partial charge >= 0.3 is 0 Å². The summed E-state index contributed by atoms with van der Waals surface area (Å²) in [5.74, 6) is 1.79. The number of rotatable bonds is 6. The fourth-order valence-corrected chi connectivity index (χ4v) is 4.47. The van der Waals surface area contributed by atoms with Crippen molar-refractivity contribution < 1.29 is 9.53 Å². The van der Waals surface area contributed by atoms with Gasteiger partial charge in [0.2, 0.25) is 5.91 Å². The van der Waals surface area contributed by atoms with Gasteiger partial charge in [0.05, 0.1) is 22.2 Å². The van der Waals surface area contributed by atoms with Gasteiger partial charge in [0, 0.05) is 31.5 Å². The van der Waals surface area contributed by atoms with Crippen LogP contribution in [0.15, 0.2) is 30.5 Å². The number of carbonyl (C=O) groups excluding carboxylic acids is 1. The van der Waals surface area contributed by atoms with E-state index in [1.165, 1.54) is 0 Å². The number of nitrogens with zero attached hydrogens (tertiary/aromatic N) is 2. The van der Waals surface area contributed by atoms with Gasteiger partial charge in [0.1, 0.15) is 11.6 Å². The number of anilines is 2. The maximum atomic E-state index is 12.4. The predicted molar refractivity (Wildman–Crippen MR) is 123 cm³/mol. The topological polar surface area (TPSA) is 88.2 Å². The van der Waals surface area contributed by atoms with Crippen LogP contribution in [0.2, 0.25) is 5.02 Å². The van der Waals surface area contributed by atoms with Gasteiger partial charge in [-0.3, -0.25) is 4.79 Å². The first-order valence-electron chi connectivity index (χ1n) is 10.9. The van der Waals surface area contributed by atoms with E-state index in [1.807, 2.05) is 18.2 Å². The highest BCUT2D eigenvalue weighted by molar-refractivity contribution is 6.33. The Morgan fingerprint density at radius 2 is 2.19 bits per heavy atom. The van der Waals surface area contributed by atoms with E-state index < -0.39 is 0 Å². The summed E-state index contributed by atoms with van der Waals surface area (Å²) >= 11 is 6.42. The fourth-order valence-electron chi connectivity index (χ4n) is 4.27. The van der Waals surface area contributed by atoms with Crippen LogP contribution in [0.5, 0.6) is 0 Å². The van der Waals surface area contributed by atoms with Crippen molar-refractivity contribution in [1.82, 2.24) is 15.3 Å². The van der Waals surface area contributed by atoms with Gasteiger partial charge in [-0.1, -0.05) is 17.7 Å². The third kappa shape index (κ3) is 5.73. The van der Waals surface area contributed by atoms with Crippen molar-refractivity contribution in [1.29, 1.82) is 0 Å². The molecule has 2 aromatic heterocycles. The molecular formula is C23H30ClN5O2. The van der Waals surface area contributed by atoms with Crippen molar-refractivity contribution in [2.75, 3.05) is 36.9 Å². The summed E-state index contributed by atoms with van der Waals surface area (Å²) in [7, 11) is 0. The number of hydrogen-bond donors (Lipinski definition) is 3. The molecule has 2 aliphatic heterocycles. The summed E-state index contributed by atoms with van der Waals surface area (Å²) < 4.78 is 5.81. The monoisotopic (exact) mass is 443 g/mol. The Morgan fingerprint density at radius 1 is 1.32 bits per heavy atom. The zero-order valence-electron chi connectivity index (χ0n) is 18.1. The Bertz CT molecular complexity index is 930. The first-order valence-corrected chi connectivity index (χ1v) is 11.3. The Balaban J connectivity index is 1.44. The van der Waals surface area contributed by atoms with Crippen LogP contribution in [0.4, 0.5) is 11.6 Å². The van der Waals surface area contributed by atoms with Crippen molar-refractivity contribution in [3.05, 3.63) is 35.5 Å². The Morgan fingerprint density at radius 3 is 2.97 bits per heavy atom. The van der Waals surface area contributed by atoms with E-state index in [-0.39, 0.29) is 17.4 Å². The zero-order chi connectivity index (χ0) is 21.8. The SMILES string of the molecule is CC1(C)CC(CNc2cccc(-c3cc(NC(=O)[C@@H]4CCNC4)ncc3Cl)n2)CCO1. The summed E-state index contributed by atoms with van der Waals surface area (Å²) in [6, 6.07) is 7.61. The average molecular weight is 444 g/mol.